The molecule has 1 aromatic carbocycles. The van der Waals surface area contributed by atoms with Crippen LogP contribution in [0.1, 0.15) is 31.0 Å². The number of para-hydroxylation sites is 1. The van der Waals surface area contributed by atoms with Gasteiger partial charge in [-0.3, -0.25) is 0 Å². The van der Waals surface area contributed by atoms with Gasteiger partial charge in [-0.2, -0.15) is 0 Å². The van der Waals surface area contributed by atoms with Gasteiger partial charge < -0.3 is 9.13 Å². The van der Waals surface area contributed by atoms with E-state index in [0.29, 0.717) is 5.92 Å². The molecule has 0 bridgehead atoms. The Morgan fingerprint density at radius 3 is 2.28 bits per heavy atom. The molecule has 0 unspecified atom stereocenters. The Morgan fingerprint density at radius 1 is 0.944 bits per heavy atom. The van der Waals surface area contributed by atoms with Gasteiger partial charge in [0.1, 0.15) is 0 Å². The average molecular weight is 240 g/mol. The summed E-state index contributed by atoms with van der Waals surface area (Å²) in [6.45, 7) is 6.78. The maximum Gasteiger partial charge on any atom is 0.0745 e. The van der Waals surface area contributed by atoms with Gasteiger partial charge in [-0.1, -0.05) is 32.0 Å². The molecule has 0 atom stereocenters. The average Bonchev–Trinajstić information content (AvgIpc) is 2.77. The van der Waals surface area contributed by atoms with Crippen molar-refractivity contribution >= 4 is 21.9 Å². The van der Waals surface area contributed by atoms with E-state index in [4.69, 9.17) is 0 Å². The molecule has 0 aliphatic rings. The van der Waals surface area contributed by atoms with E-state index in [1.54, 1.807) is 0 Å². The molecule has 2 heterocycles. The maximum absolute atomic E-state index is 2.34. The number of aromatic nitrogens is 2. The van der Waals surface area contributed by atoms with Gasteiger partial charge in [0.25, 0.3) is 0 Å². The van der Waals surface area contributed by atoms with Crippen LogP contribution < -0.4 is 0 Å². The lowest BCUT2D eigenvalue weighted by Crippen LogP contribution is -1.97. The molecule has 0 amide bonds. The van der Waals surface area contributed by atoms with Crippen molar-refractivity contribution in [2.75, 3.05) is 0 Å². The summed E-state index contributed by atoms with van der Waals surface area (Å²) in [5.74, 6) is 0.553. The van der Waals surface area contributed by atoms with Crippen LogP contribution in [0.3, 0.4) is 0 Å². The monoisotopic (exact) mass is 240 g/mol. The molecule has 94 valence electrons. The van der Waals surface area contributed by atoms with Gasteiger partial charge >= 0.3 is 0 Å². The molecule has 0 N–H and O–H groups in total. The fourth-order valence-corrected chi connectivity index (χ4v) is 3.23. The van der Waals surface area contributed by atoms with Crippen molar-refractivity contribution in [2.45, 2.75) is 26.7 Å². The van der Waals surface area contributed by atoms with Crippen LogP contribution in [0.4, 0.5) is 0 Å². The lowest BCUT2D eigenvalue weighted by atomic mass is 10.0. The minimum Gasteiger partial charge on any atom is -0.346 e. The van der Waals surface area contributed by atoms with Gasteiger partial charge in [0.2, 0.25) is 0 Å². The van der Waals surface area contributed by atoms with Gasteiger partial charge in [-0.25, -0.2) is 0 Å². The van der Waals surface area contributed by atoms with Gasteiger partial charge in [0.05, 0.1) is 16.6 Å². The molecule has 0 aliphatic heterocycles. The minimum atomic E-state index is 0.553. The van der Waals surface area contributed by atoms with E-state index >= 15 is 0 Å². The number of benzene rings is 1. The van der Waals surface area contributed by atoms with E-state index in [1.807, 2.05) is 0 Å². The Morgan fingerprint density at radius 2 is 1.61 bits per heavy atom. The van der Waals surface area contributed by atoms with Crippen molar-refractivity contribution in [3.8, 4) is 0 Å². The van der Waals surface area contributed by atoms with Crippen LogP contribution in [0, 0.1) is 6.92 Å². The van der Waals surface area contributed by atoms with Crippen molar-refractivity contribution in [3.05, 3.63) is 35.5 Å². The van der Waals surface area contributed by atoms with E-state index < -0.39 is 0 Å². The molecule has 0 aliphatic carbocycles. The zero-order valence-corrected chi connectivity index (χ0v) is 11.8. The molecule has 2 heteroatoms. The maximum atomic E-state index is 2.34. The topological polar surface area (TPSA) is 9.86 Å². The predicted octanol–water partition coefficient (Wildman–Crippen LogP) is 4.10. The molecule has 0 saturated carbocycles. The van der Waals surface area contributed by atoms with Crippen LogP contribution in [-0.4, -0.2) is 9.13 Å². The minimum absolute atomic E-state index is 0.553. The summed E-state index contributed by atoms with van der Waals surface area (Å²) in [5.41, 5.74) is 6.95. The summed E-state index contributed by atoms with van der Waals surface area (Å²) < 4.78 is 4.68. The first-order valence-corrected chi connectivity index (χ1v) is 6.56. The van der Waals surface area contributed by atoms with Crippen molar-refractivity contribution in [1.29, 1.82) is 0 Å². The van der Waals surface area contributed by atoms with Crippen LogP contribution in [0.2, 0.25) is 0 Å². The number of fused-ring (bicyclic) bond motifs is 3. The summed E-state index contributed by atoms with van der Waals surface area (Å²) in [7, 11) is 4.35. The van der Waals surface area contributed by atoms with E-state index in [-0.39, 0.29) is 0 Å². The van der Waals surface area contributed by atoms with Gasteiger partial charge in [0, 0.05) is 25.2 Å². The highest BCUT2D eigenvalue weighted by Gasteiger charge is 2.20. The highest BCUT2D eigenvalue weighted by atomic mass is 15.0. The molecule has 3 rings (SSSR count). The van der Waals surface area contributed by atoms with Crippen molar-refractivity contribution in [1.82, 2.24) is 9.13 Å². The normalized spacial score (nSPS) is 12.1. The predicted molar refractivity (Wildman–Crippen MR) is 78.2 cm³/mol. The fourth-order valence-electron chi connectivity index (χ4n) is 3.23. The van der Waals surface area contributed by atoms with Crippen molar-refractivity contribution in [3.63, 3.8) is 0 Å². The molecule has 0 spiro atoms. The highest BCUT2D eigenvalue weighted by molar-refractivity contribution is 6.08. The molecule has 0 fully saturated rings. The third-order valence-corrected chi connectivity index (χ3v) is 4.14. The Kier molecular flexibility index (Phi) is 2.31. The molecule has 2 nitrogen and oxygen atoms in total. The second-order valence-corrected chi connectivity index (χ2v) is 5.49. The first-order chi connectivity index (χ1) is 8.54. The second kappa shape index (κ2) is 3.64. The number of hydrogen-bond donors (Lipinski definition) is 0. The van der Waals surface area contributed by atoms with Crippen molar-refractivity contribution in [2.24, 2.45) is 14.1 Å². The molecular weight excluding hydrogens is 220 g/mol. The van der Waals surface area contributed by atoms with Crippen LogP contribution in [0.5, 0.6) is 0 Å². The van der Waals surface area contributed by atoms with Crippen LogP contribution in [-0.2, 0) is 14.1 Å². The molecule has 2 aromatic heterocycles. The standard InChI is InChI=1S/C16H20N2/c1-10(2)14-11(3)17(4)15-12-8-6-7-9-13(12)18(5)16(14)15/h6-10H,1-5H3. The first-order valence-electron chi connectivity index (χ1n) is 6.56. The van der Waals surface area contributed by atoms with Crippen molar-refractivity contribution < 1.29 is 0 Å². The number of aryl methyl sites for hydroxylation is 2. The Balaban J connectivity index is 2.63. The largest absolute Gasteiger partial charge is 0.346 e. The Hall–Kier alpha value is -1.70. The molecule has 3 aromatic rings. The lowest BCUT2D eigenvalue weighted by Gasteiger charge is -2.08. The fraction of sp³-hybridized carbons (Fsp3) is 0.375. The zero-order valence-electron chi connectivity index (χ0n) is 11.8. The molecule has 0 saturated heterocycles. The Labute approximate surface area is 108 Å². The van der Waals surface area contributed by atoms with E-state index in [9.17, 15) is 0 Å². The van der Waals surface area contributed by atoms with Gasteiger partial charge in [-0.05, 0) is 24.5 Å². The number of rotatable bonds is 1. The summed E-state index contributed by atoms with van der Waals surface area (Å²) in [6, 6.07) is 8.66. The molecule has 18 heavy (non-hydrogen) atoms. The molecular formula is C16H20N2. The Bertz CT molecular complexity index is 741. The lowest BCUT2D eigenvalue weighted by molar-refractivity contribution is 0.823. The van der Waals surface area contributed by atoms with Gasteiger partial charge in [0.15, 0.2) is 0 Å². The summed E-state index contributed by atoms with van der Waals surface area (Å²) in [6.07, 6.45) is 0. The van der Waals surface area contributed by atoms with Crippen LogP contribution in [0.15, 0.2) is 24.3 Å². The molecule has 0 radical (unpaired) electrons. The summed E-state index contributed by atoms with van der Waals surface area (Å²) in [4.78, 5) is 0. The first kappa shape index (κ1) is 11.4. The van der Waals surface area contributed by atoms with E-state index in [0.717, 1.165) is 0 Å². The van der Waals surface area contributed by atoms with Gasteiger partial charge in [-0.15, -0.1) is 0 Å². The summed E-state index contributed by atoms with van der Waals surface area (Å²) >= 11 is 0. The summed E-state index contributed by atoms with van der Waals surface area (Å²) in [5, 5.41) is 1.35. The van der Waals surface area contributed by atoms with Crippen LogP contribution in [0.25, 0.3) is 21.9 Å². The smallest absolute Gasteiger partial charge is 0.0745 e. The van der Waals surface area contributed by atoms with Crippen LogP contribution >= 0.6 is 0 Å². The SMILES string of the molecule is Cc1c(C(C)C)c2c(c3ccccc3n2C)n1C. The quantitative estimate of drug-likeness (QED) is 0.606. The van der Waals surface area contributed by atoms with E-state index in [1.165, 1.54) is 33.2 Å². The highest BCUT2D eigenvalue weighted by Crippen LogP contribution is 2.36. The number of nitrogens with zero attached hydrogens (tertiary/aromatic N) is 2. The zero-order chi connectivity index (χ0) is 13.0. The third kappa shape index (κ3) is 1.23. The van der Waals surface area contributed by atoms with E-state index in [2.05, 4.69) is 68.3 Å². The number of hydrogen-bond acceptors (Lipinski definition) is 0. The third-order valence-electron chi connectivity index (χ3n) is 4.14. The second-order valence-electron chi connectivity index (χ2n) is 5.49.